The van der Waals surface area contributed by atoms with Gasteiger partial charge in [-0.2, -0.15) is 0 Å². The number of hydrogen-bond acceptors (Lipinski definition) is 5. The molecule has 144 valence electrons. The standard InChI is InChI=1S/C22H21NO5/c24-17(12-4-2-1-3-5-12)11-28-18(25)8-9-23-21(26)19-13-6-7-14(16-10-15(13)16)20(19)22(23)27/h1-7,13-16,19-20H,8-11H2/t13-,14-,15-,16+,19-,20+/m1/s1. The number of imide groups is 1. The first-order valence-electron chi connectivity index (χ1n) is 9.83. The van der Waals surface area contributed by atoms with Crippen molar-refractivity contribution in [2.75, 3.05) is 13.2 Å². The minimum Gasteiger partial charge on any atom is -0.457 e. The monoisotopic (exact) mass is 379 g/mol. The van der Waals surface area contributed by atoms with E-state index < -0.39 is 5.97 Å². The van der Waals surface area contributed by atoms with Crippen molar-refractivity contribution in [1.82, 2.24) is 4.90 Å². The molecule has 2 amide bonds. The third-order valence-electron chi connectivity index (χ3n) is 6.75. The minimum atomic E-state index is -0.580. The molecule has 4 aliphatic carbocycles. The molecule has 6 atom stereocenters. The Morgan fingerprint density at radius 2 is 1.57 bits per heavy atom. The lowest BCUT2D eigenvalue weighted by Crippen LogP contribution is -2.40. The van der Waals surface area contributed by atoms with Crippen LogP contribution in [-0.2, 0) is 19.1 Å². The van der Waals surface area contributed by atoms with Gasteiger partial charge in [0.1, 0.15) is 0 Å². The van der Waals surface area contributed by atoms with Gasteiger partial charge < -0.3 is 4.74 Å². The Kier molecular flexibility index (Phi) is 3.96. The maximum Gasteiger partial charge on any atom is 0.308 e. The Bertz CT molecular complexity index is 855. The SMILES string of the molecule is O=C(CCN1C(=O)[C@@H]2[C@@H]3C=C[C@H]([C@@H]4C[C@H]34)[C@@H]2C1=O)OCC(=O)c1ccccc1. The molecule has 1 aromatic carbocycles. The zero-order chi connectivity index (χ0) is 19.4. The molecule has 6 rings (SSSR count). The van der Waals surface area contributed by atoms with Crippen LogP contribution in [0.3, 0.4) is 0 Å². The maximum absolute atomic E-state index is 12.8. The van der Waals surface area contributed by atoms with E-state index in [1.165, 1.54) is 4.90 Å². The van der Waals surface area contributed by atoms with E-state index in [0.717, 1.165) is 6.42 Å². The average molecular weight is 379 g/mol. The van der Waals surface area contributed by atoms with Gasteiger partial charge in [0.05, 0.1) is 18.3 Å². The van der Waals surface area contributed by atoms with Gasteiger partial charge in [0.15, 0.2) is 12.4 Å². The molecular formula is C22H21NO5. The van der Waals surface area contributed by atoms with Gasteiger partial charge in [-0.1, -0.05) is 42.5 Å². The molecule has 1 saturated heterocycles. The molecular weight excluding hydrogens is 358 g/mol. The number of carbonyl (C=O) groups is 4. The molecule has 1 aromatic rings. The number of ketones is 1. The highest BCUT2D eigenvalue weighted by atomic mass is 16.5. The number of hydrogen-bond donors (Lipinski definition) is 0. The topological polar surface area (TPSA) is 80.8 Å². The van der Waals surface area contributed by atoms with Crippen LogP contribution in [0.5, 0.6) is 0 Å². The number of rotatable bonds is 6. The molecule has 5 aliphatic rings. The van der Waals surface area contributed by atoms with Crippen molar-refractivity contribution in [1.29, 1.82) is 0 Å². The fourth-order valence-electron chi connectivity index (χ4n) is 5.37. The molecule has 2 saturated carbocycles. The fourth-order valence-corrected chi connectivity index (χ4v) is 5.37. The normalized spacial score (nSPS) is 34.2. The summed E-state index contributed by atoms with van der Waals surface area (Å²) < 4.78 is 5.04. The quantitative estimate of drug-likeness (QED) is 0.326. The van der Waals surface area contributed by atoms with E-state index in [1.54, 1.807) is 30.3 Å². The van der Waals surface area contributed by atoms with Gasteiger partial charge in [-0.15, -0.1) is 0 Å². The zero-order valence-corrected chi connectivity index (χ0v) is 15.3. The summed E-state index contributed by atoms with van der Waals surface area (Å²) in [7, 11) is 0. The van der Waals surface area contributed by atoms with Crippen molar-refractivity contribution in [2.24, 2.45) is 35.5 Å². The van der Waals surface area contributed by atoms with Crippen molar-refractivity contribution < 1.29 is 23.9 Å². The van der Waals surface area contributed by atoms with Crippen molar-refractivity contribution in [3.63, 3.8) is 0 Å². The summed E-state index contributed by atoms with van der Waals surface area (Å²) in [5, 5.41) is 0. The van der Waals surface area contributed by atoms with E-state index in [-0.39, 0.29) is 60.8 Å². The van der Waals surface area contributed by atoms with Crippen molar-refractivity contribution in [3.8, 4) is 0 Å². The smallest absolute Gasteiger partial charge is 0.308 e. The summed E-state index contributed by atoms with van der Waals surface area (Å²) in [5.74, 6) is -0.180. The number of likely N-dealkylation sites (tertiary alicyclic amines) is 1. The number of benzene rings is 1. The maximum atomic E-state index is 12.8. The van der Waals surface area contributed by atoms with Crippen molar-refractivity contribution in [2.45, 2.75) is 12.8 Å². The first kappa shape index (κ1) is 17.3. The zero-order valence-electron chi connectivity index (χ0n) is 15.3. The number of ether oxygens (including phenoxy) is 1. The van der Waals surface area contributed by atoms with Gasteiger partial charge in [-0.05, 0) is 30.1 Å². The van der Waals surface area contributed by atoms with Gasteiger partial charge in [0.25, 0.3) is 0 Å². The average Bonchev–Trinajstić information content (AvgIpc) is 3.50. The van der Waals surface area contributed by atoms with E-state index in [1.807, 2.05) is 0 Å². The minimum absolute atomic E-state index is 0.0256. The second kappa shape index (κ2) is 6.40. The van der Waals surface area contributed by atoms with Gasteiger partial charge in [0.2, 0.25) is 11.8 Å². The molecule has 0 spiro atoms. The Morgan fingerprint density at radius 1 is 0.964 bits per heavy atom. The summed E-state index contributed by atoms with van der Waals surface area (Å²) in [4.78, 5) is 50.9. The first-order chi connectivity index (χ1) is 13.6. The predicted molar refractivity (Wildman–Crippen MR) is 97.8 cm³/mol. The van der Waals surface area contributed by atoms with Crippen LogP contribution in [-0.4, -0.2) is 41.6 Å². The van der Waals surface area contributed by atoms with Crippen LogP contribution < -0.4 is 0 Å². The van der Waals surface area contributed by atoms with Crippen LogP contribution >= 0.6 is 0 Å². The lowest BCUT2D eigenvalue weighted by atomic mass is 9.63. The lowest BCUT2D eigenvalue weighted by Gasteiger charge is -2.37. The number of esters is 1. The van der Waals surface area contributed by atoms with E-state index in [4.69, 9.17) is 4.74 Å². The van der Waals surface area contributed by atoms with Crippen LogP contribution in [0.2, 0.25) is 0 Å². The summed E-state index contributed by atoms with van der Waals surface area (Å²) in [6.07, 6.45) is 5.28. The van der Waals surface area contributed by atoms with E-state index in [2.05, 4.69) is 12.2 Å². The van der Waals surface area contributed by atoms with Gasteiger partial charge in [-0.3, -0.25) is 24.1 Å². The van der Waals surface area contributed by atoms with Crippen molar-refractivity contribution in [3.05, 3.63) is 48.0 Å². The fraction of sp³-hybridized carbons (Fsp3) is 0.455. The Balaban J connectivity index is 1.16. The Morgan fingerprint density at radius 3 is 2.18 bits per heavy atom. The van der Waals surface area contributed by atoms with E-state index in [0.29, 0.717) is 17.4 Å². The van der Waals surface area contributed by atoms with Crippen molar-refractivity contribution >= 4 is 23.6 Å². The number of nitrogens with zero attached hydrogens (tertiary/aromatic N) is 1. The molecule has 28 heavy (non-hydrogen) atoms. The predicted octanol–water partition coefficient (Wildman–Crippen LogP) is 1.86. The van der Waals surface area contributed by atoms with Gasteiger partial charge >= 0.3 is 5.97 Å². The molecule has 0 radical (unpaired) electrons. The second-order valence-corrected chi connectivity index (χ2v) is 8.18. The van der Waals surface area contributed by atoms with Gasteiger partial charge in [0, 0.05) is 12.1 Å². The van der Waals surface area contributed by atoms with Crippen LogP contribution in [0.15, 0.2) is 42.5 Å². The van der Waals surface area contributed by atoms with Crippen LogP contribution in [0.25, 0.3) is 0 Å². The molecule has 1 heterocycles. The largest absolute Gasteiger partial charge is 0.457 e. The lowest BCUT2D eigenvalue weighted by molar-refractivity contribution is -0.145. The molecule has 1 aliphatic heterocycles. The second-order valence-electron chi connectivity index (χ2n) is 8.18. The van der Waals surface area contributed by atoms with E-state index in [9.17, 15) is 19.2 Å². The summed E-state index contributed by atoms with van der Waals surface area (Å²) >= 11 is 0. The Hall–Kier alpha value is -2.76. The summed E-state index contributed by atoms with van der Waals surface area (Å²) in [5.41, 5.74) is 0.478. The molecule has 2 bridgehead atoms. The third-order valence-corrected chi connectivity index (χ3v) is 6.75. The molecule has 0 aromatic heterocycles. The highest BCUT2D eigenvalue weighted by Crippen LogP contribution is 2.65. The molecule has 6 nitrogen and oxygen atoms in total. The summed E-state index contributed by atoms with van der Waals surface area (Å²) in [6.45, 7) is -0.314. The third kappa shape index (κ3) is 2.62. The summed E-state index contributed by atoms with van der Waals surface area (Å²) in [6, 6.07) is 8.60. The number of Topliss-reactive ketones (excluding diaryl/α,β-unsaturated/α-hetero) is 1. The van der Waals surface area contributed by atoms with Crippen LogP contribution in [0, 0.1) is 35.5 Å². The number of allylic oxidation sites excluding steroid dienone is 2. The van der Waals surface area contributed by atoms with E-state index >= 15 is 0 Å². The first-order valence-corrected chi connectivity index (χ1v) is 9.83. The van der Waals surface area contributed by atoms with Gasteiger partial charge in [-0.25, -0.2) is 0 Å². The highest BCUT2D eigenvalue weighted by molar-refractivity contribution is 6.06. The number of carbonyl (C=O) groups excluding carboxylic acids is 4. The highest BCUT2D eigenvalue weighted by Gasteiger charge is 2.66. The van der Waals surface area contributed by atoms with Crippen LogP contribution in [0.4, 0.5) is 0 Å². The molecule has 6 heteroatoms. The molecule has 0 N–H and O–H groups in total. The Labute approximate surface area is 162 Å². The number of amides is 2. The van der Waals surface area contributed by atoms with Crippen LogP contribution in [0.1, 0.15) is 23.2 Å². The molecule has 0 unspecified atom stereocenters. The molecule has 3 fully saturated rings.